The highest BCUT2D eigenvalue weighted by molar-refractivity contribution is 9.10. The molecule has 0 unspecified atom stereocenters. The molecular weight excluding hydrogens is 521 g/mol. The van der Waals surface area contributed by atoms with Gasteiger partial charge in [0.2, 0.25) is 0 Å². The molecule has 0 spiro atoms. The Hall–Kier alpha value is -2.34. The van der Waals surface area contributed by atoms with Crippen LogP contribution in [0.25, 0.3) is 11.0 Å². The van der Waals surface area contributed by atoms with E-state index >= 15 is 0 Å². The first-order valence-corrected chi connectivity index (χ1v) is 12.5. The lowest BCUT2D eigenvalue weighted by Gasteiger charge is -2.11. The number of imidazole rings is 1. The van der Waals surface area contributed by atoms with Gasteiger partial charge in [0.25, 0.3) is 5.91 Å². The average Bonchev–Trinajstić information content (AvgIpc) is 3.15. The maximum absolute atomic E-state index is 12.2. The molecule has 1 amide bonds. The summed E-state index contributed by atoms with van der Waals surface area (Å²) < 4.78 is 3.20. The molecule has 0 radical (unpaired) electrons. The van der Waals surface area contributed by atoms with Crippen LogP contribution in [0.2, 0.25) is 10.0 Å². The SMILES string of the molecule is O=C(NCCCCCc1nc2ccccc2n1Cc1ccc(Cl)cc1Cl)c1ccc(Br)cc1. The fourth-order valence-electron chi connectivity index (χ4n) is 3.80. The molecule has 0 fully saturated rings. The predicted octanol–water partition coefficient (Wildman–Crippen LogP) is 7.30. The second kappa shape index (κ2) is 11.2. The molecule has 33 heavy (non-hydrogen) atoms. The van der Waals surface area contributed by atoms with Gasteiger partial charge in [-0.15, -0.1) is 0 Å². The summed E-state index contributed by atoms with van der Waals surface area (Å²) in [6.07, 6.45) is 3.78. The van der Waals surface area contributed by atoms with Crippen LogP contribution in [-0.4, -0.2) is 22.0 Å². The fourth-order valence-corrected chi connectivity index (χ4v) is 4.54. The Morgan fingerprint density at radius 3 is 2.55 bits per heavy atom. The number of benzene rings is 3. The lowest BCUT2D eigenvalue weighted by Crippen LogP contribution is -2.24. The van der Waals surface area contributed by atoms with Crippen molar-refractivity contribution in [2.45, 2.75) is 32.2 Å². The van der Waals surface area contributed by atoms with Crippen LogP contribution in [-0.2, 0) is 13.0 Å². The van der Waals surface area contributed by atoms with Crippen LogP contribution >= 0.6 is 39.1 Å². The van der Waals surface area contributed by atoms with Gasteiger partial charge in [-0.2, -0.15) is 0 Å². The summed E-state index contributed by atoms with van der Waals surface area (Å²) >= 11 is 15.9. The van der Waals surface area contributed by atoms with Gasteiger partial charge < -0.3 is 9.88 Å². The van der Waals surface area contributed by atoms with Gasteiger partial charge in [-0.1, -0.05) is 63.8 Å². The molecule has 3 aromatic carbocycles. The lowest BCUT2D eigenvalue weighted by molar-refractivity contribution is 0.0953. The molecule has 170 valence electrons. The number of para-hydroxylation sites is 2. The summed E-state index contributed by atoms with van der Waals surface area (Å²) in [5, 5.41) is 4.28. The molecule has 1 N–H and O–H groups in total. The average molecular weight is 545 g/mol. The number of carbonyl (C=O) groups is 1. The van der Waals surface area contributed by atoms with Crippen molar-refractivity contribution in [2.24, 2.45) is 0 Å². The topological polar surface area (TPSA) is 46.9 Å². The Bertz CT molecular complexity index is 1250. The maximum atomic E-state index is 12.2. The number of fused-ring (bicyclic) bond motifs is 1. The van der Waals surface area contributed by atoms with E-state index in [-0.39, 0.29) is 5.91 Å². The number of nitrogens with zero attached hydrogens (tertiary/aromatic N) is 2. The molecule has 4 nitrogen and oxygen atoms in total. The summed E-state index contributed by atoms with van der Waals surface area (Å²) in [6, 6.07) is 21.2. The number of carbonyl (C=O) groups excluding carboxylic acids is 1. The molecule has 7 heteroatoms. The summed E-state index contributed by atoms with van der Waals surface area (Å²) in [5.41, 5.74) is 3.77. The fraction of sp³-hybridized carbons (Fsp3) is 0.231. The van der Waals surface area contributed by atoms with Crippen molar-refractivity contribution in [1.82, 2.24) is 14.9 Å². The normalized spacial score (nSPS) is 11.1. The zero-order valence-electron chi connectivity index (χ0n) is 18.0. The molecule has 1 aromatic heterocycles. The summed E-state index contributed by atoms with van der Waals surface area (Å²) in [7, 11) is 0. The Labute approximate surface area is 212 Å². The van der Waals surface area contributed by atoms with E-state index in [0.29, 0.717) is 28.7 Å². The van der Waals surface area contributed by atoms with Crippen LogP contribution in [0.5, 0.6) is 0 Å². The van der Waals surface area contributed by atoms with Gasteiger partial charge in [-0.3, -0.25) is 4.79 Å². The van der Waals surface area contributed by atoms with Crippen LogP contribution in [0, 0.1) is 0 Å². The monoisotopic (exact) mass is 543 g/mol. The van der Waals surface area contributed by atoms with Crippen molar-refractivity contribution < 1.29 is 4.79 Å². The molecule has 0 atom stereocenters. The van der Waals surface area contributed by atoms with Crippen LogP contribution in [0.4, 0.5) is 0 Å². The number of unbranched alkanes of at least 4 members (excludes halogenated alkanes) is 2. The smallest absolute Gasteiger partial charge is 0.251 e. The number of halogens is 3. The van der Waals surface area contributed by atoms with E-state index in [2.05, 4.69) is 31.9 Å². The van der Waals surface area contributed by atoms with E-state index in [1.54, 1.807) is 6.07 Å². The Balaban J connectivity index is 1.34. The maximum Gasteiger partial charge on any atom is 0.251 e. The minimum absolute atomic E-state index is 0.0378. The van der Waals surface area contributed by atoms with Gasteiger partial charge in [0.1, 0.15) is 5.82 Å². The van der Waals surface area contributed by atoms with Crippen molar-refractivity contribution >= 4 is 56.1 Å². The Morgan fingerprint density at radius 1 is 0.970 bits per heavy atom. The first-order chi connectivity index (χ1) is 16.0. The quantitative estimate of drug-likeness (QED) is 0.225. The zero-order chi connectivity index (χ0) is 23.2. The first-order valence-electron chi connectivity index (χ1n) is 10.9. The van der Waals surface area contributed by atoms with E-state index < -0.39 is 0 Å². The molecule has 1 heterocycles. The van der Waals surface area contributed by atoms with Gasteiger partial charge in [-0.25, -0.2) is 4.98 Å². The van der Waals surface area contributed by atoms with E-state index in [1.807, 2.05) is 54.6 Å². The van der Waals surface area contributed by atoms with Crippen LogP contribution < -0.4 is 5.32 Å². The van der Waals surface area contributed by atoms with Gasteiger partial charge in [-0.05, 0) is 66.9 Å². The van der Waals surface area contributed by atoms with E-state index in [1.165, 1.54) is 0 Å². The molecule has 0 saturated heterocycles. The second-order valence-corrected chi connectivity index (χ2v) is 9.67. The van der Waals surface area contributed by atoms with Crippen LogP contribution in [0.1, 0.15) is 41.0 Å². The first kappa shape index (κ1) is 23.8. The Morgan fingerprint density at radius 2 is 1.76 bits per heavy atom. The zero-order valence-corrected chi connectivity index (χ0v) is 21.1. The second-order valence-electron chi connectivity index (χ2n) is 7.91. The molecule has 0 aliphatic heterocycles. The van der Waals surface area contributed by atoms with Crippen molar-refractivity contribution in [2.75, 3.05) is 6.54 Å². The van der Waals surface area contributed by atoms with E-state index in [4.69, 9.17) is 28.2 Å². The predicted molar refractivity (Wildman–Crippen MR) is 139 cm³/mol. The molecular formula is C26H24BrCl2N3O. The van der Waals surface area contributed by atoms with Crippen LogP contribution in [0.15, 0.2) is 71.2 Å². The van der Waals surface area contributed by atoms with Crippen molar-refractivity contribution in [3.8, 4) is 0 Å². The summed E-state index contributed by atoms with van der Waals surface area (Å²) in [4.78, 5) is 17.1. The highest BCUT2D eigenvalue weighted by Crippen LogP contribution is 2.25. The Kier molecular flexibility index (Phi) is 8.07. The van der Waals surface area contributed by atoms with Crippen molar-refractivity contribution in [1.29, 1.82) is 0 Å². The molecule has 0 bridgehead atoms. The number of aromatic nitrogens is 2. The number of nitrogens with one attached hydrogen (secondary N) is 1. The molecule has 0 aliphatic rings. The van der Waals surface area contributed by atoms with Gasteiger partial charge in [0, 0.05) is 33.0 Å². The highest BCUT2D eigenvalue weighted by Gasteiger charge is 2.12. The summed E-state index contributed by atoms with van der Waals surface area (Å²) in [6.45, 7) is 1.31. The third-order valence-electron chi connectivity index (χ3n) is 5.55. The number of hydrogen-bond donors (Lipinski definition) is 1. The number of rotatable bonds is 9. The molecule has 0 saturated carbocycles. The van der Waals surface area contributed by atoms with Gasteiger partial charge in [0.05, 0.1) is 17.6 Å². The largest absolute Gasteiger partial charge is 0.352 e. The number of hydrogen-bond acceptors (Lipinski definition) is 2. The summed E-state index contributed by atoms with van der Waals surface area (Å²) in [5.74, 6) is 1.00. The lowest BCUT2D eigenvalue weighted by atomic mass is 10.1. The third-order valence-corrected chi connectivity index (χ3v) is 6.66. The third kappa shape index (κ3) is 6.17. The van der Waals surface area contributed by atoms with Crippen molar-refractivity contribution in [3.63, 3.8) is 0 Å². The molecule has 4 rings (SSSR count). The van der Waals surface area contributed by atoms with E-state index in [9.17, 15) is 4.79 Å². The standard InChI is InChI=1S/C26H24BrCl2N3O/c27-20-12-9-18(10-13-20)26(33)30-15-5-1-2-8-25-31-23-6-3-4-7-24(23)32(25)17-19-11-14-21(28)16-22(19)29/h3-4,6-7,9-14,16H,1-2,5,8,15,17H2,(H,30,33). The number of amides is 1. The molecule has 4 aromatic rings. The van der Waals surface area contributed by atoms with Gasteiger partial charge in [0.15, 0.2) is 0 Å². The highest BCUT2D eigenvalue weighted by atomic mass is 79.9. The molecule has 0 aliphatic carbocycles. The van der Waals surface area contributed by atoms with Crippen molar-refractivity contribution in [3.05, 3.63) is 98.2 Å². The van der Waals surface area contributed by atoms with Gasteiger partial charge >= 0.3 is 0 Å². The van der Waals surface area contributed by atoms with E-state index in [0.717, 1.165) is 52.6 Å². The van der Waals surface area contributed by atoms with Crippen LogP contribution in [0.3, 0.4) is 0 Å². The minimum atomic E-state index is -0.0378. The number of aryl methyl sites for hydroxylation is 1. The minimum Gasteiger partial charge on any atom is -0.352 e.